The van der Waals surface area contributed by atoms with Crippen molar-refractivity contribution in [3.8, 4) is 0 Å². The molecule has 0 amide bonds. The van der Waals surface area contributed by atoms with E-state index in [0.29, 0.717) is 44.0 Å². The summed E-state index contributed by atoms with van der Waals surface area (Å²) < 4.78 is 48.6. The first-order valence-corrected chi connectivity index (χ1v) is 19.3. The van der Waals surface area contributed by atoms with Crippen LogP contribution in [0, 0.1) is 5.92 Å². The Hall–Kier alpha value is -2.55. The van der Waals surface area contributed by atoms with Crippen LogP contribution in [-0.4, -0.2) is 47.1 Å². The lowest BCUT2D eigenvalue weighted by Gasteiger charge is -2.49. The Kier molecular flexibility index (Phi) is 8.72. The second-order valence-corrected chi connectivity index (χ2v) is 20.2. The molecule has 1 aliphatic carbocycles. The van der Waals surface area contributed by atoms with Gasteiger partial charge in [0.05, 0.1) is 18.1 Å². The number of benzene rings is 3. The maximum Gasteiger partial charge on any atom is 0.191 e. The van der Waals surface area contributed by atoms with Crippen LogP contribution in [0.25, 0.3) is 0 Å². The molecule has 1 fully saturated rings. The molecular formula is C35H44O5SSi. The predicted molar refractivity (Wildman–Crippen MR) is 171 cm³/mol. The molecule has 5 nitrogen and oxygen atoms in total. The van der Waals surface area contributed by atoms with E-state index in [4.69, 9.17) is 13.9 Å². The highest BCUT2D eigenvalue weighted by Crippen LogP contribution is 2.51. The van der Waals surface area contributed by atoms with E-state index in [9.17, 15) is 0 Å². The fourth-order valence-corrected chi connectivity index (χ4v) is 9.21. The smallest absolute Gasteiger partial charge is 0.191 e. The van der Waals surface area contributed by atoms with E-state index in [1.165, 1.54) is 0 Å². The molecule has 2 aliphatic rings. The normalized spacial score (nSPS) is 22.7. The Balaban J connectivity index is 1.73. The summed E-state index contributed by atoms with van der Waals surface area (Å²) in [5, 5.41) is -0.0194. The van der Waals surface area contributed by atoms with Gasteiger partial charge in [-0.15, -0.1) is 0 Å². The van der Waals surface area contributed by atoms with Crippen LogP contribution in [0.15, 0.2) is 108 Å². The largest absolute Gasteiger partial charge is 0.416 e. The summed E-state index contributed by atoms with van der Waals surface area (Å²) in [5.41, 5.74) is 2.92. The van der Waals surface area contributed by atoms with Crippen molar-refractivity contribution in [2.45, 2.75) is 73.6 Å². The highest BCUT2D eigenvalue weighted by molar-refractivity contribution is 7.93. The second-order valence-electron chi connectivity index (χ2n) is 13.2. The quantitative estimate of drug-likeness (QED) is 0.188. The van der Waals surface area contributed by atoms with E-state index in [1.54, 1.807) is 24.3 Å². The first kappa shape index (κ1) is 30.9. The van der Waals surface area contributed by atoms with Gasteiger partial charge in [0, 0.05) is 18.9 Å². The van der Waals surface area contributed by atoms with Crippen LogP contribution in [0.3, 0.4) is 0 Å². The molecule has 0 N–H and O–H groups in total. The van der Waals surface area contributed by atoms with Gasteiger partial charge in [-0.1, -0.05) is 106 Å². The lowest BCUT2D eigenvalue weighted by Crippen LogP contribution is -2.57. The van der Waals surface area contributed by atoms with E-state index < -0.39 is 34.6 Å². The van der Waals surface area contributed by atoms with Gasteiger partial charge in [0.15, 0.2) is 23.9 Å². The minimum atomic E-state index is -3.90. The third-order valence-electron chi connectivity index (χ3n) is 9.43. The van der Waals surface area contributed by atoms with E-state index >= 15 is 8.42 Å². The highest BCUT2D eigenvalue weighted by Gasteiger charge is 2.59. The van der Waals surface area contributed by atoms with E-state index in [-0.39, 0.29) is 5.04 Å². The standard InChI is InChI=1S/C35H44O5SSi/c1-33(2,3)42(4,5)40-27-31-26-35(38-21-22-39-35)30(23-28-15-9-6-10-16-28)25-34(31,24-29-17-11-7-12-18-29)41(36,37)32-19-13-8-14-20-32/h6-20,25,31H,21-24,26-27H2,1-5H3/t31-,34-/m1/s1. The van der Waals surface area contributed by atoms with Crippen molar-refractivity contribution in [2.24, 2.45) is 5.92 Å². The third kappa shape index (κ3) is 5.95. The monoisotopic (exact) mass is 604 g/mol. The predicted octanol–water partition coefficient (Wildman–Crippen LogP) is 7.40. The lowest BCUT2D eigenvalue weighted by molar-refractivity contribution is -0.150. The van der Waals surface area contributed by atoms with Gasteiger partial charge >= 0.3 is 0 Å². The molecule has 42 heavy (non-hydrogen) atoms. The average Bonchev–Trinajstić information content (AvgIpc) is 3.44. The molecule has 1 heterocycles. The van der Waals surface area contributed by atoms with Gasteiger partial charge in [0.2, 0.25) is 0 Å². The summed E-state index contributed by atoms with van der Waals surface area (Å²) >= 11 is 0. The molecule has 3 aromatic carbocycles. The zero-order valence-corrected chi connectivity index (χ0v) is 27.3. The summed E-state index contributed by atoms with van der Waals surface area (Å²) in [6, 6.07) is 29.0. The average molecular weight is 605 g/mol. The van der Waals surface area contributed by atoms with Crippen LogP contribution in [0.5, 0.6) is 0 Å². The van der Waals surface area contributed by atoms with Gasteiger partial charge in [-0.2, -0.15) is 0 Å². The Morgan fingerprint density at radius 2 is 1.36 bits per heavy atom. The number of sulfone groups is 1. The SMILES string of the molecule is CC(C)(C)[Si](C)(C)OC[C@H]1CC2(OCCO2)C(Cc2ccccc2)=C[C@@]1(Cc1ccccc1)S(=O)(=O)c1ccccc1. The van der Waals surface area contributed by atoms with Crippen LogP contribution >= 0.6 is 0 Å². The number of rotatable bonds is 9. The summed E-state index contributed by atoms with van der Waals surface area (Å²) in [7, 11) is -6.11. The zero-order chi connectivity index (χ0) is 30.1. The van der Waals surface area contributed by atoms with Crippen LogP contribution in [0.1, 0.15) is 38.3 Å². The number of hydrogen-bond acceptors (Lipinski definition) is 5. The molecule has 7 heteroatoms. The molecule has 224 valence electrons. The van der Waals surface area contributed by atoms with Gasteiger partial charge in [-0.3, -0.25) is 0 Å². The summed E-state index contributed by atoms with van der Waals surface area (Å²) in [4.78, 5) is 0.317. The van der Waals surface area contributed by atoms with Gasteiger partial charge in [0.25, 0.3) is 0 Å². The van der Waals surface area contributed by atoms with E-state index in [2.05, 4.69) is 46.0 Å². The van der Waals surface area contributed by atoms with Gasteiger partial charge < -0.3 is 13.9 Å². The molecule has 1 aliphatic heterocycles. The molecule has 1 spiro atoms. The fourth-order valence-electron chi connectivity index (χ4n) is 5.96. The summed E-state index contributed by atoms with van der Waals surface area (Å²) in [5.74, 6) is -1.39. The second kappa shape index (κ2) is 11.9. The zero-order valence-electron chi connectivity index (χ0n) is 25.5. The fraction of sp³-hybridized carbons (Fsp3) is 0.429. The van der Waals surface area contributed by atoms with Crippen molar-refractivity contribution in [3.63, 3.8) is 0 Å². The van der Waals surface area contributed by atoms with Crippen LogP contribution in [0.4, 0.5) is 0 Å². The van der Waals surface area contributed by atoms with Crippen LogP contribution in [-0.2, 0) is 36.6 Å². The van der Waals surface area contributed by atoms with Crippen molar-refractivity contribution in [1.29, 1.82) is 0 Å². The van der Waals surface area contributed by atoms with Gasteiger partial charge in [-0.25, -0.2) is 8.42 Å². The van der Waals surface area contributed by atoms with E-state index in [1.807, 2.05) is 60.7 Å². The van der Waals surface area contributed by atoms with Gasteiger partial charge in [-0.05, 0) is 59.8 Å². The van der Waals surface area contributed by atoms with Crippen molar-refractivity contribution in [2.75, 3.05) is 19.8 Å². The molecule has 0 saturated carbocycles. The topological polar surface area (TPSA) is 61.8 Å². The van der Waals surface area contributed by atoms with Crippen molar-refractivity contribution >= 4 is 18.2 Å². The van der Waals surface area contributed by atoms with Crippen LogP contribution in [0.2, 0.25) is 18.1 Å². The molecule has 2 atom stereocenters. The van der Waals surface area contributed by atoms with E-state index in [0.717, 1.165) is 16.7 Å². The maximum absolute atomic E-state index is 15.1. The number of hydrogen-bond donors (Lipinski definition) is 0. The maximum atomic E-state index is 15.1. The highest BCUT2D eigenvalue weighted by atomic mass is 32.2. The molecule has 0 aromatic heterocycles. The van der Waals surface area contributed by atoms with Crippen molar-refractivity contribution in [3.05, 3.63) is 114 Å². The Labute approximate surface area is 253 Å². The molecule has 5 rings (SSSR count). The lowest BCUT2D eigenvalue weighted by atomic mass is 9.73. The third-order valence-corrected chi connectivity index (χ3v) is 16.4. The Bertz CT molecular complexity index is 1470. The molecular weight excluding hydrogens is 561 g/mol. The molecule has 3 aromatic rings. The molecule has 0 unspecified atom stereocenters. The Morgan fingerprint density at radius 3 is 1.90 bits per heavy atom. The molecule has 1 saturated heterocycles. The number of ether oxygens (including phenoxy) is 2. The van der Waals surface area contributed by atoms with Gasteiger partial charge in [0.1, 0.15) is 4.75 Å². The van der Waals surface area contributed by atoms with Crippen molar-refractivity contribution < 1.29 is 22.3 Å². The first-order chi connectivity index (χ1) is 19.9. The molecule has 0 bridgehead atoms. The molecule has 0 radical (unpaired) electrons. The Morgan fingerprint density at radius 1 is 0.833 bits per heavy atom. The summed E-state index contributed by atoms with van der Waals surface area (Å²) in [6.07, 6.45) is 3.27. The summed E-state index contributed by atoms with van der Waals surface area (Å²) in [6.45, 7) is 12.3. The first-order valence-electron chi connectivity index (χ1n) is 14.9. The minimum Gasteiger partial charge on any atom is -0.416 e. The van der Waals surface area contributed by atoms with Crippen LogP contribution < -0.4 is 0 Å². The van der Waals surface area contributed by atoms with Crippen molar-refractivity contribution in [1.82, 2.24) is 0 Å². The minimum absolute atomic E-state index is 0.0194.